The van der Waals surface area contributed by atoms with E-state index in [0.717, 1.165) is 15.8 Å². The molecule has 0 aliphatic heterocycles. The van der Waals surface area contributed by atoms with Gasteiger partial charge in [0.2, 0.25) is 0 Å². The Kier molecular flexibility index (Phi) is 2.24. The van der Waals surface area contributed by atoms with Crippen LogP contribution in [0.1, 0.15) is 18.5 Å². The average Bonchev–Trinajstić information content (AvgIpc) is 2.42. The van der Waals surface area contributed by atoms with E-state index < -0.39 is 0 Å². The molecule has 1 atom stereocenters. The van der Waals surface area contributed by atoms with Crippen LogP contribution in [-0.4, -0.2) is 4.98 Å². The molecular formula is C9H9ClN2S. The number of nitrogens with zero attached hydrogens (tertiary/aromatic N) is 1. The Labute approximate surface area is 85.3 Å². The molecule has 4 heteroatoms. The smallest absolute Gasteiger partial charge is 0.184 e. The van der Waals surface area contributed by atoms with Crippen LogP contribution < -0.4 is 5.73 Å². The lowest BCUT2D eigenvalue weighted by Crippen LogP contribution is -2.03. The van der Waals surface area contributed by atoms with E-state index in [2.05, 4.69) is 4.98 Å². The molecule has 1 aromatic carbocycles. The van der Waals surface area contributed by atoms with Gasteiger partial charge in [-0.3, -0.25) is 0 Å². The minimum absolute atomic E-state index is 0.0604. The van der Waals surface area contributed by atoms with Crippen molar-refractivity contribution < 1.29 is 0 Å². The fourth-order valence-electron chi connectivity index (χ4n) is 1.20. The lowest BCUT2D eigenvalue weighted by molar-refractivity contribution is 0.820. The third-order valence-electron chi connectivity index (χ3n) is 1.91. The molecule has 0 spiro atoms. The van der Waals surface area contributed by atoms with Gasteiger partial charge in [0.1, 0.15) is 0 Å². The molecule has 0 fully saturated rings. The van der Waals surface area contributed by atoms with Crippen LogP contribution in [0.15, 0.2) is 18.2 Å². The number of aromatic nitrogens is 1. The van der Waals surface area contributed by atoms with Crippen molar-refractivity contribution in [2.75, 3.05) is 0 Å². The van der Waals surface area contributed by atoms with Gasteiger partial charge in [-0.25, -0.2) is 4.98 Å². The Morgan fingerprint density at radius 3 is 3.00 bits per heavy atom. The Balaban J connectivity index is 2.61. The van der Waals surface area contributed by atoms with Crippen molar-refractivity contribution in [3.63, 3.8) is 0 Å². The van der Waals surface area contributed by atoms with E-state index >= 15 is 0 Å². The molecule has 2 rings (SSSR count). The maximum atomic E-state index is 5.79. The van der Waals surface area contributed by atoms with Gasteiger partial charge in [0, 0.05) is 6.04 Å². The van der Waals surface area contributed by atoms with Gasteiger partial charge in [-0.2, -0.15) is 0 Å². The van der Waals surface area contributed by atoms with E-state index in [1.165, 1.54) is 11.3 Å². The molecule has 68 valence electrons. The van der Waals surface area contributed by atoms with Crippen LogP contribution in [0.3, 0.4) is 0 Å². The molecule has 0 aliphatic rings. The molecule has 1 aromatic heterocycles. The van der Waals surface area contributed by atoms with Crippen LogP contribution in [0.4, 0.5) is 0 Å². The topological polar surface area (TPSA) is 38.9 Å². The zero-order chi connectivity index (χ0) is 9.42. The highest BCUT2D eigenvalue weighted by molar-refractivity contribution is 7.22. The van der Waals surface area contributed by atoms with Crippen molar-refractivity contribution in [1.29, 1.82) is 0 Å². The molecule has 0 saturated heterocycles. The van der Waals surface area contributed by atoms with Crippen LogP contribution in [0, 0.1) is 0 Å². The van der Waals surface area contributed by atoms with E-state index in [9.17, 15) is 0 Å². The number of hydrogen-bond donors (Lipinski definition) is 1. The van der Waals surface area contributed by atoms with Crippen molar-refractivity contribution in [1.82, 2.24) is 4.98 Å². The quantitative estimate of drug-likeness (QED) is 0.790. The first-order chi connectivity index (χ1) is 6.16. The normalized spacial score (nSPS) is 13.5. The van der Waals surface area contributed by atoms with Gasteiger partial charge < -0.3 is 5.73 Å². The summed E-state index contributed by atoms with van der Waals surface area (Å²) in [4.78, 5) is 4.16. The van der Waals surface area contributed by atoms with Gasteiger partial charge in [0.25, 0.3) is 0 Å². The Morgan fingerprint density at radius 2 is 2.31 bits per heavy atom. The lowest BCUT2D eigenvalue weighted by Gasteiger charge is -2.03. The Bertz CT molecular complexity index is 436. The van der Waals surface area contributed by atoms with Crippen molar-refractivity contribution in [3.05, 3.63) is 28.2 Å². The maximum absolute atomic E-state index is 5.79. The summed E-state index contributed by atoms with van der Waals surface area (Å²) in [5.41, 5.74) is 7.83. The van der Waals surface area contributed by atoms with Crippen LogP contribution >= 0.6 is 22.9 Å². The Morgan fingerprint density at radius 1 is 1.54 bits per heavy atom. The SMILES string of the molecule is CC(N)c1ccc2nc(Cl)sc2c1. The second-order valence-corrected chi connectivity index (χ2v) is 4.60. The summed E-state index contributed by atoms with van der Waals surface area (Å²) >= 11 is 7.27. The molecule has 0 aliphatic carbocycles. The minimum atomic E-state index is 0.0604. The summed E-state index contributed by atoms with van der Waals surface area (Å²) in [6.07, 6.45) is 0. The number of benzene rings is 1. The van der Waals surface area contributed by atoms with E-state index in [4.69, 9.17) is 17.3 Å². The molecule has 0 radical (unpaired) electrons. The van der Waals surface area contributed by atoms with E-state index in [1.54, 1.807) is 0 Å². The van der Waals surface area contributed by atoms with Gasteiger partial charge in [0.15, 0.2) is 4.47 Å². The van der Waals surface area contributed by atoms with Crippen molar-refractivity contribution in [2.24, 2.45) is 5.73 Å². The number of thiazole rings is 1. The predicted octanol–water partition coefficient (Wildman–Crippen LogP) is 2.97. The molecular weight excluding hydrogens is 204 g/mol. The largest absolute Gasteiger partial charge is 0.324 e. The van der Waals surface area contributed by atoms with Crippen LogP contribution in [0.25, 0.3) is 10.2 Å². The molecule has 1 unspecified atom stereocenters. The number of rotatable bonds is 1. The van der Waals surface area contributed by atoms with Crippen molar-refractivity contribution in [2.45, 2.75) is 13.0 Å². The Hall–Kier alpha value is -0.640. The standard InChI is InChI=1S/C9H9ClN2S/c1-5(11)6-2-3-7-8(4-6)13-9(10)12-7/h2-5H,11H2,1H3. The minimum Gasteiger partial charge on any atom is -0.324 e. The van der Waals surface area contributed by atoms with Gasteiger partial charge >= 0.3 is 0 Å². The first-order valence-electron chi connectivity index (χ1n) is 3.98. The number of nitrogens with two attached hydrogens (primary N) is 1. The highest BCUT2D eigenvalue weighted by atomic mass is 35.5. The van der Waals surface area contributed by atoms with Gasteiger partial charge in [-0.1, -0.05) is 17.7 Å². The molecule has 2 N–H and O–H groups in total. The third-order valence-corrected chi connectivity index (χ3v) is 3.03. The van der Waals surface area contributed by atoms with E-state index in [-0.39, 0.29) is 6.04 Å². The van der Waals surface area contributed by atoms with Crippen LogP contribution in [0.2, 0.25) is 4.47 Å². The number of hydrogen-bond acceptors (Lipinski definition) is 3. The first kappa shape index (κ1) is 8.94. The summed E-state index contributed by atoms with van der Waals surface area (Å²) in [7, 11) is 0. The second kappa shape index (κ2) is 3.25. The summed E-state index contributed by atoms with van der Waals surface area (Å²) in [6.45, 7) is 1.96. The summed E-state index contributed by atoms with van der Waals surface area (Å²) in [5.74, 6) is 0. The van der Waals surface area contributed by atoms with E-state index in [0.29, 0.717) is 4.47 Å². The fraction of sp³-hybridized carbons (Fsp3) is 0.222. The highest BCUT2D eigenvalue weighted by Crippen LogP contribution is 2.27. The molecule has 2 nitrogen and oxygen atoms in total. The lowest BCUT2D eigenvalue weighted by atomic mass is 10.1. The maximum Gasteiger partial charge on any atom is 0.184 e. The van der Waals surface area contributed by atoms with Crippen LogP contribution in [-0.2, 0) is 0 Å². The summed E-state index contributed by atoms with van der Waals surface area (Å²) in [6, 6.07) is 6.05. The molecule has 0 bridgehead atoms. The number of fused-ring (bicyclic) bond motifs is 1. The van der Waals surface area contributed by atoms with E-state index in [1.807, 2.05) is 25.1 Å². The zero-order valence-electron chi connectivity index (χ0n) is 7.12. The third kappa shape index (κ3) is 1.68. The van der Waals surface area contributed by atoms with Crippen molar-refractivity contribution in [3.8, 4) is 0 Å². The van der Waals surface area contributed by atoms with Gasteiger partial charge in [-0.15, -0.1) is 11.3 Å². The average molecular weight is 213 g/mol. The predicted molar refractivity (Wildman–Crippen MR) is 57.2 cm³/mol. The van der Waals surface area contributed by atoms with Crippen molar-refractivity contribution >= 4 is 33.2 Å². The monoisotopic (exact) mass is 212 g/mol. The van der Waals surface area contributed by atoms with Gasteiger partial charge in [0.05, 0.1) is 10.2 Å². The summed E-state index contributed by atoms with van der Waals surface area (Å²) in [5, 5.41) is 0. The second-order valence-electron chi connectivity index (χ2n) is 2.98. The molecule has 0 saturated carbocycles. The summed E-state index contributed by atoms with van der Waals surface area (Å²) < 4.78 is 1.68. The highest BCUT2D eigenvalue weighted by Gasteiger charge is 2.04. The molecule has 0 amide bonds. The van der Waals surface area contributed by atoms with Gasteiger partial charge in [-0.05, 0) is 24.6 Å². The molecule has 1 heterocycles. The number of halogens is 1. The molecule has 13 heavy (non-hydrogen) atoms. The van der Waals surface area contributed by atoms with Crippen LogP contribution in [0.5, 0.6) is 0 Å². The fourth-order valence-corrected chi connectivity index (χ4v) is 2.28. The molecule has 2 aromatic rings. The first-order valence-corrected chi connectivity index (χ1v) is 5.18. The zero-order valence-corrected chi connectivity index (χ0v) is 8.69.